The number of hydrogen-bond acceptors (Lipinski definition) is 3. The van der Waals surface area contributed by atoms with Crippen molar-refractivity contribution in [3.05, 3.63) is 79.7 Å². The summed E-state index contributed by atoms with van der Waals surface area (Å²) in [5.74, 6) is 0.390. The van der Waals surface area contributed by atoms with Crippen LogP contribution < -0.4 is 10.1 Å². The predicted molar refractivity (Wildman–Crippen MR) is 125 cm³/mol. The number of nitrogens with one attached hydrogen (secondary N) is 1. The maximum absolute atomic E-state index is 12.8. The van der Waals surface area contributed by atoms with Crippen LogP contribution in [0, 0.1) is 6.92 Å². The van der Waals surface area contributed by atoms with E-state index in [1.54, 1.807) is 18.2 Å². The molecule has 0 aromatic heterocycles. The fourth-order valence-electron chi connectivity index (χ4n) is 2.93. The highest BCUT2D eigenvalue weighted by atomic mass is 79.9. The zero-order valence-electron chi connectivity index (χ0n) is 16.4. The summed E-state index contributed by atoms with van der Waals surface area (Å²) in [7, 11) is 0. The van der Waals surface area contributed by atoms with Gasteiger partial charge in [0, 0.05) is 10.0 Å². The quantitative estimate of drug-likeness (QED) is 0.357. The first-order chi connectivity index (χ1) is 14.3. The lowest BCUT2D eigenvalue weighted by atomic mass is 10.1. The second kappa shape index (κ2) is 9.73. The first kappa shape index (κ1) is 22.5. The lowest BCUT2D eigenvalue weighted by molar-refractivity contribution is 0.102. The summed E-state index contributed by atoms with van der Waals surface area (Å²) < 4.78 is 6.45. The van der Waals surface area contributed by atoms with E-state index in [9.17, 15) is 9.90 Å². The van der Waals surface area contributed by atoms with Crippen molar-refractivity contribution in [3.63, 3.8) is 0 Å². The molecule has 30 heavy (non-hydrogen) atoms. The molecule has 0 saturated heterocycles. The number of ether oxygens (including phenoxy) is 1. The summed E-state index contributed by atoms with van der Waals surface area (Å²) in [5.41, 5.74) is 2.55. The summed E-state index contributed by atoms with van der Waals surface area (Å²) in [6, 6.07) is 14.0. The molecule has 0 unspecified atom stereocenters. The number of aromatic hydroxyl groups is 1. The summed E-state index contributed by atoms with van der Waals surface area (Å²) in [4.78, 5) is 12.8. The smallest absolute Gasteiger partial charge is 0.259 e. The molecule has 0 aliphatic heterocycles. The predicted octanol–water partition coefficient (Wildman–Crippen LogP) is 7.77. The highest BCUT2D eigenvalue weighted by Gasteiger charge is 2.18. The third kappa shape index (κ3) is 5.28. The molecule has 2 N–H and O–H groups in total. The molecule has 4 nitrogen and oxygen atoms in total. The Morgan fingerprint density at radius 1 is 1.07 bits per heavy atom. The fourth-order valence-corrected chi connectivity index (χ4v) is 3.92. The number of carbonyl (C=O) groups excluding carboxylic acids is 1. The largest absolute Gasteiger partial charge is 0.506 e. The molecule has 0 heterocycles. The summed E-state index contributed by atoms with van der Waals surface area (Å²) in [5, 5.41) is 13.7. The van der Waals surface area contributed by atoms with Gasteiger partial charge in [0.1, 0.15) is 11.5 Å². The van der Waals surface area contributed by atoms with Crippen LogP contribution in [0.5, 0.6) is 17.2 Å². The molecule has 3 aromatic rings. The van der Waals surface area contributed by atoms with Crippen LogP contribution in [-0.4, -0.2) is 11.0 Å². The van der Waals surface area contributed by atoms with E-state index in [1.807, 2.05) is 19.1 Å². The number of carbonyl (C=O) groups is 1. The monoisotopic (exact) mass is 507 g/mol. The molecular formula is C23H20BrCl2NO3. The Morgan fingerprint density at radius 2 is 1.83 bits per heavy atom. The average Bonchev–Trinajstić information content (AvgIpc) is 2.69. The molecular weight excluding hydrogens is 489 g/mol. The van der Waals surface area contributed by atoms with Gasteiger partial charge in [-0.2, -0.15) is 0 Å². The molecule has 0 bridgehead atoms. The molecule has 0 aliphatic rings. The van der Waals surface area contributed by atoms with Crippen LogP contribution in [0.3, 0.4) is 0 Å². The number of benzene rings is 3. The molecule has 0 atom stereocenters. The average molecular weight is 509 g/mol. The summed E-state index contributed by atoms with van der Waals surface area (Å²) in [6.45, 7) is 4.08. The number of phenolic OH excluding ortho intramolecular Hbond substituents is 1. The van der Waals surface area contributed by atoms with E-state index < -0.39 is 5.91 Å². The SMILES string of the molecule is CCCc1ccc(C)c(Oc2ccc(Cl)cc2NC(=O)c2cc(Cl)cc(Br)c2O)c1. The molecule has 0 spiro atoms. The molecule has 0 aliphatic carbocycles. The first-order valence-corrected chi connectivity index (χ1v) is 10.9. The van der Waals surface area contributed by atoms with Gasteiger partial charge in [0.15, 0.2) is 5.75 Å². The summed E-state index contributed by atoms with van der Waals surface area (Å²) in [6.07, 6.45) is 1.98. The zero-order valence-corrected chi connectivity index (χ0v) is 19.5. The maximum atomic E-state index is 12.8. The Hall–Kier alpha value is -2.21. The van der Waals surface area contributed by atoms with Crippen molar-refractivity contribution in [1.29, 1.82) is 0 Å². The molecule has 0 saturated carbocycles. The van der Waals surface area contributed by atoms with E-state index in [-0.39, 0.29) is 11.3 Å². The van der Waals surface area contributed by atoms with E-state index in [0.717, 1.165) is 18.4 Å². The Labute approximate surface area is 193 Å². The molecule has 0 fully saturated rings. The minimum absolute atomic E-state index is 0.0291. The highest BCUT2D eigenvalue weighted by molar-refractivity contribution is 9.10. The standard InChI is InChI=1S/C23H20BrCl2NO3/c1-3-4-14-6-5-13(2)21(9-14)30-20-8-7-15(25)12-19(20)27-23(29)17-10-16(26)11-18(24)22(17)28/h5-12,28H,3-4H2,1-2H3,(H,27,29). The normalized spacial score (nSPS) is 10.7. The number of anilines is 1. The van der Waals surface area contributed by atoms with Gasteiger partial charge >= 0.3 is 0 Å². The number of rotatable bonds is 6. The number of aryl methyl sites for hydroxylation is 2. The number of halogens is 3. The second-order valence-electron chi connectivity index (χ2n) is 6.83. The molecule has 7 heteroatoms. The molecule has 3 rings (SSSR count). The summed E-state index contributed by atoms with van der Waals surface area (Å²) >= 11 is 15.4. The Balaban J connectivity index is 1.93. The van der Waals surface area contributed by atoms with Gasteiger partial charge in [-0.3, -0.25) is 4.79 Å². The van der Waals surface area contributed by atoms with Crippen LogP contribution in [0.15, 0.2) is 53.0 Å². The van der Waals surface area contributed by atoms with Gasteiger partial charge in [-0.15, -0.1) is 0 Å². The fraction of sp³-hybridized carbons (Fsp3) is 0.174. The van der Waals surface area contributed by atoms with Gasteiger partial charge < -0.3 is 15.2 Å². The van der Waals surface area contributed by atoms with Gasteiger partial charge in [0.2, 0.25) is 0 Å². The van der Waals surface area contributed by atoms with E-state index in [0.29, 0.717) is 31.7 Å². The maximum Gasteiger partial charge on any atom is 0.259 e. The van der Waals surface area contributed by atoms with Crippen molar-refractivity contribution in [2.45, 2.75) is 26.7 Å². The minimum atomic E-state index is -0.542. The number of amides is 1. The Morgan fingerprint density at radius 3 is 2.57 bits per heavy atom. The number of phenols is 1. The first-order valence-electron chi connectivity index (χ1n) is 9.34. The lowest BCUT2D eigenvalue weighted by Gasteiger charge is -2.16. The van der Waals surface area contributed by atoms with Gasteiger partial charge in [0.05, 0.1) is 15.7 Å². The van der Waals surface area contributed by atoms with Gasteiger partial charge in [-0.1, -0.05) is 48.7 Å². The van der Waals surface area contributed by atoms with Crippen molar-refractivity contribution < 1.29 is 14.6 Å². The second-order valence-corrected chi connectivity index (χ2v) is 8.56. The van der Waals surface area contributed by atoms with Crippen molar-refractivity contribution in [2.24, 2.45) is 0 Å². The molecule has 3 aromatic carbocycles. The van der Waals surface area contributed by atoms with Crippen LogP contribution in [-0.2, 0) is 6.42 Å². The van der Waals surface area contributed by atoms with Gasteiger partial charge in [-0.05, 0) is 76.8 Å². The van der Waals surface area contributed by atoms with Crippen LogP contribution in [0.2, 0.25) is 10.0 Å². The van der Waals surface area contributed by atoms with E-state index in [1.165, 1.54) is 17.7 Å². The van der Waals surface area contributed by atoms with Gasteiger partial charge in [-0.25, -0.2) is 0 Å². The molecule has 0 radical (unpaired) electrons. The van der Waals surface area contributed by atoms with Crippen LogP contribution in [0.25, 0.3) is 0 Å². The molecule has 1 amide bonds. The topological polar surface area (TPSA) is 58.6 Å². The van der Waals surface area contributed by atoms with Crippen LogP contribution in [0.4, 0.5) is 5.69 Å². The molecule has 156 valence electrons. The zero-order chi connectivity index (χ0) is 21.8. The van der Waals surface area contributed by atoms with Crippen LogP contribution >= 0.6 is 39.1 Å². The number of hydrogen-bond donors (Lipinski definition) is 2. The van der Waals surface area contributed by atoms with Crippen molar-refractivity contribution in [2.75, 3.05) is 5.32 Å². The third-order valence-electron chi connectivity index (χ3n) is 4.47. The van der Waals surface area contributed by atoms with Crippen LogP contribution in [0.1, 0.15) is 34.8 Å². The van der Waals surface area contributed by atoms with Crippen molar-refractivity contribution in [1.82, 2.24) is 0 Å². The lowest BCUT2D eigenvalue weighted by Crippen LogP contribution is -2.13. The Bertz CT molecular complexity index is 1100. The van der Waals surface area contributed by atoms with E-state index in [4.69, 9.17) is 27.9 Å². The van der Waals surface area contributed by atoms with Gasteiger partial charge in [0.25, 0.3) is 5.91 Å². The van der Waals surface area contributed by atoms with E-state index in [2.05, 4.69) is 34.2 Å². The Kier molecular flexibility index (Phi) is 7.29. The third-order valence-corrected chi connectivity index (χ3v) is 5.53. The highest BCUT2D eigenvalue weighted by Crippen LogP contribution is 2.36. The van der Waals surface area contributed by atoms with E-state index >= 15 is 0 Å². The minimum Gasteiger partial charge on any atom is -0.506 e. The van der Waals surface area contributed by atoms with Crippen molar-refractivity contribution in [3.8, 4) is 17.2 Å². The van der Waals surface area contributed by atoms with Crippen molar-refractivity contribution >= 4 is 50.7 Å².